The fraction of sp³-hybridized carbons (Fsp3) is 0.600. The monoisotopic (exact) mass is 251 g/mol. The average molecular weight is 251 g/mol. The van der Waals surface area contributed by atoms with E-state index in [4.69, 9.17) is 10.5 Å². The third-order valence-electron chi connectivity index (χ3n) is 3.63. The molecule has 1 aliphatic carbocycles. The van der Waals surface area contributed by atoms with Crippen LogP contribution < -0.4 is 5.73 Å². The molecule has 0 radical (unpaired) electrons. The number of hydrogen-bond donors (Lipinski definition) is 1. The Bertz CT molecular complexity index is 361. The van der Waals surface area contributed by atoms with Crippen molar-refractivity contribution >= 4 is 0 Å². The van der Waals surface area contributed by atoms with Crippen LogP contribution in [0.1, 0.15) is 50.2 Å². The van der Waals surface area contributed by atoms with E-state index in [1.54, 1.807) is 12.1 Å². The number of ether oxygens (including phenoxy) is 1. The van der Waals surface area contributed by atoms with E-state index < -0.39 is 0 Å². The van der Waals surface area contributed by atoms with Crippen LogP contribution in [0, 0.1) is 5.82 Å². The number of nitrogens with two attached hydrogens (primary N) is 1. The molecule has 1 unspecified atom stereocenters. The van der Waals surface area contributed by atoms with Gasteiger partial charge in [-0.1, -0.05) is 43.9 Å². The Labute approximate surface area is 108 Å². The van der Waals surface area contributed by atoms with Crippen LogP contribution in [-0.2, 0) is 4.74 Å². The van der Waals surface area contributed by atoms with Crippen LogP contribution in [0.15, 0.2) is 24.3 Å². The predicted octanol–water partition coefficient (Wildman–Crippen LogP) is 3.56. The summed E-state index contributed by atoms with van der Waals surface area (Å²) < 4.78 is 19.7. The van der Waals surface area contributed by atoms with Gasteiger partial charge in [0.25, 0.3) is 0 Å². The molecule has 0 spiro atoms. The molecule has 0 bridgehead atoms. The zero-order valence-corrected chi connectivity index (χ0v) is 10.8. The molecule has 1 atom stereocenters. The van der Waals surface area contributed by atoms with Crippen molar-refractivity contribution in [3.05, 3.63) is 35.6 Å². The standard InChI is InChI=1S/C15H22FNO/c16-14-10-6-5-9-13(14)15(11-17)18-12-7-3-1-2-4-8-12/h5-6,9-10,12,15H,1-4,7-8,11,17H2. The highest BCUT2D eigenvalue weighted by atomic mass is 19.1. The fourth-order valence-corrected chi connectivity index (χ4v) is 2.60. The van der Waals surface area contributed by atoms with Crippen molar-refractivity contribution < 1.29 is 9.13 Å². The molecule has 2 N–H and O–H groups in total. The molecule has 1 fully saturated rings. The lowest BCUT2D eigenvalue weighted by Crippen LogP contribution is -2.23. The Morgan fingerprint density at radius 1 is 1.17 bits per heavy atom. The van der Waals surface area contributed by atoms with Gasteiger partial charge in [0.05, 0.1) is 12.2 Å². The normalized spacial score (nSPS) is 19.4. The maximum atomic E-state index is 13.7. The molecule has 0 heterocycles. The molecule has 2 rings (SSSR count). The third kappa shape index (κ3) is 3.53. The summed E-state index contributed by atoms with van der Waals surface area (Å²) in [6, 6.07) is 6.76. The summed E-state index contributed by atoms with van der Waals surface area (Å²) in [6.07, 6.45) is 7.06. The number of halogens is 1. The highest BCUT2D eigenvalue weighted by Crippen LogP contribution is 2.27. The zero-order chi connectivity index (χ0) is 12.8. The van der Waals surface area contributed by atoms with Gasteiger partial charge >= 0.3 is 0 Å². The first-order valence-electron chi connectivity index (χ1n) is 6.91. The lowest BCUT2D eigenvalue weighted by atomic mass is 10.1. The summed E-state index contributed by atoms with van der Waals surface area (Å²) in [6.45, 7) is 0.331. The molecule has 3 heteroatoms. The van der Waals surface area contributed by atoms with Crippen molar-refractivity contribution in [1.29, 1.82) is 0 Å². The van der Waals surface area contributed by atoms with Gasteiger partial charge in [-0.15, -0.1) is 0 Å². The predicted molar refractivity (Wildman–Crippen MR) is 70.8 cm³/mol. The van der Waals surface area contributed by atoms with E-state index in [0.29, 0.717) is 12.1 Å². The number of benzene rings is 1. The fourth-order valence-electron chi connectivity index (χ4n) is 2.60. The topological polar surface area (TPSA) is 35.2 Å². The molecular weight excluding hydrogens is 229 g/mol. The Balaban J connectivity index is 2.02. The molecule has 1 aromatic carbocycles. The lowest BCUT2D eigenvalue weighted by molar-refractivity contribution is -0.0176. The van der Waals surface area contributed by atoms with Crippen molar-refractivity contribution in [2.75, 3.05) is 6.54 Å². The van der Waals surface area contributed by atoms with Gasteiger partial charge in [0.2, 0.25) is 0 Å². The minimum atomic E-state index is -0.311. The van der Waals surface area contributed by atoms with Crippen molar-refractivity contribution in [3.63, 3.8) is 0 Å². The van der Waals surface area contributed by atoms with Crippen LogP contribution >= 0.6 is 0 Å². The smallest absolute Gasteiger partial charge is 0.129 e. The second-order valence-electron chi connectivity index (χ2n) is 5.00. The molecule has 0 aliphatic heterocycles. The molecule has 0 saturated heterocycles. The molecule has 2 nitrogen and oxygen atoms in total. The van der Waals surface area contributed by atoms with E-state index >= 15 is 0 Å². The highest BCUT2D eigenvalue weighted by Gasteiger charge is 2.20. The van der Waals surface area contributed by atoms with Gasteiger partial charge in [-0.3, -0.25) is 0 Å². The SMILES string of the molecule is NCC(OC1CCCCCC1)c1ccccc1F. The Hall–Kier alpha value is -0.930. The van der Waals surface area contributed by atoms with Crippen molar-refractivity contribution in [2.45, 2.75) is 50.7 Å². The van der Waals surface area contributed by atoms with Crippen molar-refractivity contribution in [3.8, 4) is 0 Å². The van der Waals surface area contributed by atoms with Gasteiger partial charge in [-0.05, 0) is 18.9 Å². The zero-order valence-electron chi connectivity index (χ0n) is 10.8. The van der Waals surface area contributed by atoms with Crippen LogP contribution in [0.25, 0.3) is 0 Å². The van der Waals surface area contributed by atoms with Crippen LogP contribution in [0.4, 0.5) is 4.39 Å². The third-order valence-corrected chi connectivity index (χ3v) is 3.63. The van der Waals surface area contributed by atoms with Gasteiger partial charge in [0.15, 0.2) is 0 Å². The van der Waals surface area contributed by atoms with Crippen LogP contribution in [0.5, 0.6) is 0 Å². The summed E-state index contributed by atoms with van der Waals surface area (Å²) >= 11 is 0. The van der Waals surface area contributed by atoms with Gasteiger partial charge < -0.3 is 10.5 Å². The average Bonchev–Trinajstić information content (AvgIpc) is 2.65. The minimum Gasteiger partial charge on any atom is -0.369 e. The first kappa shape index (κ1) is 13.5. The largest absolute Gasteiger partial charge is 0.369 e. The molecular formula is C15H22FNO. The first-order valence-corrected chi connectivity index (χ1v) is 6.91. The summed E-state index contributed by atoms with van der Waals surface area (Å²) in [4.78, 5) is 0. The van der Waals surface area contributed by atoms with Gasteiger partial charge in [-0.2, -0.15) is 0 Å². The van der Waals surface area contributed by atoms with Gasteiger partial charge in [0.1, 0.15) is 5.82 Å². The second kappa shape index (κ2) is 6.86. The molecule has 1 aliphatic rings. The van der Waals surface area contributed by atoms with Gasteiger partial charge in [0, 0.05) is 12.1 Å². The lowest BCUT2D eigenvalue weighted by Gasteiger charge is -2.23. The molecule has 0 amide bonds. The van der Waals surface area contributed by atoms with E-state index in [1.807, 2.05) is 6.07 Å². The maximum Gasteiger partial charge on any atom is 0.129 e. The van der Waals surface area contributed by atoms with Crippen LogP contribution in [-0.4, -0.2) is 12.6 Å². The van der Waals surface area contributed by atoms with Crippen molar-refractivity contribution in [2.24, 2.45) is 5.73 Å². The first-order chi connectivity index (χ1) is 8.81. The van der Waals surface area contributed by atoms with Crippen molar-refractivity contribution in [1.82, 2.24) is 0 Å². The molecule has 1 aromatic rings. The second-order valence-corrected chi connectivity index (χ2v) is 5.00. The Kier molecular flexibility index (Phi) is 5.14. The van der Waals surface area contributed by atoms with E-state index in [-0.39, 0.29) is 18.0 Å². The van der Waals surface area contributed by atoms with E-state index in [2.05, 4.69) is 0 Å². The molecule has 1 saturated carbocycles. The summed E-state index contributed by atoms with van der Waals surface area (Å²) in [5, 5.41) is 0. The molecule has 100 valence electrons. The molecule has 18 heavy (non-hydrogen) atoms. The Morgan fingerprint density at radius 3 is 2.44 bits per heavy atom. The summed E-state index contributed by atoms with van der Waals surface area (Å²) in [7, 11) is 0. The Morgan fingerprint density at radius 2 is 1.83 bits per heavy atom. The van der Waals surface area contributed by atoms with E-state index in [1.165, 1.54) is 31.7 Å². The quantitative estimate of drug-likeness (QED) is 0.830. The number of hydrogen-bond acceptors (Lipinski definition) is 2. The molecule has 0 aromatic heterocycles. The summed E-state index contributed by atoms with van der Waals surface area (Å²) in [5.74, 6) is -0.221. The van der Waals surface area contributed by atoms with E-state index in [0.717, 1.165) is 12.8 Å². The highest BCUT2D eigenvalue weighted by molar-refractivity contribution is 5.20. The van der Waals surface area contributed by atoms with Crippen LogP contribution in [0.2, 0.25) is 0 Å². The minimum absolute atomic E-state index is 0.221. The summed E-state index contributed by atoms with van der Waals surface area (Å²) in [5.41, 5.74) is 6.33. The van der Waals surface area contributed by atoms with Crippen LogP contribution in [0.3, 0.4) is 0 Å². The maximum absolute atomic E-state index is 13.7. The number of rotatable bonds is 4. The van der Waals surface area contributed by atoms with Gasteiger partial charge in [-0.25, -0.2) is 4.39 Å². The van der Waals surface area contributed by atoms with E-state index in [9.17, 15) is 4.39 Å².